The molecule has 1 saturated heterocycles. The summed E-state index contributed by atoms with van der Waals surface area (Å²) in [5, 5.41) is 11.0. The van der Waals surface area contributed by atoms with Crippen LogP contribution in [-0.4, -0.2) is 29.2 Å². The fraction of sp³-hybridized carbons (Fsp3) is 0.667. The number of hydrogen-bond donors (Lipinski definition) is 1. The minimum Gasteiger partial charge on any atom is -0.392 e. The van der Waals surface area contributed by atoms with Crippen LogP contribution in [0.25, 0.3) is 0 Å². The Bertz CT molecular complexity index is 510. The summed E-state index contributed by atoms with van der Waals surface area (Å²) in [5.74, 6) is 1.76. The standard InChI is InChI=1S/C18H24O2S/c19-17(15-12-21-16-6-2-1-5-14(15)16)13-7-10-20-18(11-13)8-3-4-9-18/h1-2,5-6,13,15,17,19H,3-4,7-12H2. The molecule has 3 unspecified atom stereocenters. The maximum absolute atomic E-state index is 11.0. The molecule has 0 aromatic heterocycles. The lowest BCUT2D eigenvalue weighted by Crippen LogP contribution is -2.42. The second-order valence-electron chi connectivity index (χ2n) is 6.94. The number of thioether (sulfide) groups is 1. The van der Waals surface area contributed by atoms with Crippen molar-refractivity contribution >= 4 is 11.8 Å². The summed E-state index contributed by atoms with van der Waals surface area (Å²) in [6.07, 6.45) is 6.88. The molecule has 4 rings (SSSR count). The van der Waals surface area contributed by atoms with Crippen LogP contribution in [0.1, 0.15) is 50.0 Å². The first-order chi connectivity index (χ1) is 10.3. The summed E-state index contributed by atoms with van der Waals surface area (Å²) in [4.78, 5) is 1.36. The Morgan fingerprint density at radius 3 is 2.90 bits per heavy atom. The van der Waals surface area contributed by atoms with Crippen molar-refractivity contribution in [1.29, 1.82) is 0 Å². The van der Waals surface area contributed by atoms with E-state index in [4.69, 9.17) is 4.74 Å². The van der Waals surface area contributed by atoms with E-state index < -0.39 is 0 Å². The number of fused-ring (bicyclic) bond motifs is 1. The molecule has 0 radical (unpaired) electrons. The summed E-state index contributed by atoms with van der Waals surface area (Å²) in [7, 11) is 0. The minimum atomic E-state index is -0.206. The molecule has 1 saturated carbocycles. The highest BCUT2D eigenvalue weighted by Gasteiger charge is 2.44. The fourth-order valence-electron chi connectivity index (χ4n) is 4.52. The Morgan fingerprint density at radius 2 is 2.05 bits per heavy atom. The van der Waals surface area contributed by atoms with Crippen molar-refractivity contribution in [2.45, 2.75) is 61.0 Å². The number of aliphatic hydroxyl groups is 1. The lowest BCUT2D eigenvalue weighted by atomic mass is 9.77. The monoisotopic (exact) mass is 304 g/mol. The fourth-order valence-corrected chi connectivity index (χ4v) is 5.82. The topological polar surface area (TPSA) is 29.5 Å². The molecule has 3 atom stereocenters. The number of ether oxygens (including phenoxy) is 1. The molecule has 0 bridgehead atoms. The molecule has 2 heterocycles. The Balaban J connectivity index is 1.51. The molecule has 2 fully saturated rings. The first-order valence-electron chi connectivity index (χ1n) is 8.31. The van der Waals surface area contributed by atoms with Crippen LogP contribution in [0.4, 0.5) is 0 Å². The van der Waals surface area contributed by atoms with Gasteiger partial charge < -0.3 is 9.84 Å². The molecule has 2 aliphatic heterocycles. The van der Waals surface area contributed by atoms with Gasteiger partial charge in [-0.05, 0) is 43.2 Å². The zero-order valence-corrected chi connectivity index (χ0v) is 13.3. The Kier molecular flexibility index (Phi) is 3.76. The summed E-state index contributed by atoms with van der Waals surface area (Å²) in [6, 6.07) is 8.60. The van der Waals surface area contributed by atoms with E-state index in [2.05, 4.69) is 24.3 Å². The molecule has 3 heteroatoms. The first-order valence-corrected chi connectivity index (χ1v) is 9.30. The zero-order valence-electron chi connectivity index (χ0n) is 12.5. The Labute approximate surface area is 131 Å². The van der Waals surface area contributed by atoms with Gasteiger partial charge in [0.15, 0.2) is 0 Å². The SMILES string of the molecule is OC(C1CCOC2(CCCC2)C1)C1CSc2ccccc21. The average molecular weight is 304 g/mol. The van der Waals surface area contributed by atoms with Crippen molar-refractivity contribution in [3.63, 3.8) is 0 Å². The van der Waals surface area contributed by atoms with Gasteiger partial charge in [0.2, 0.25) is 0 Å². The van der Waals surface area contributed by atoms with Crippen molar-refractivity contribution in [2.75, 3.05) is 12.4 Å². The van der Waals surface area contributed by atoms with Gasteiger partial charge in [-0.2, -0.15) is 0 Å². The van der Waals surface area contributed by atoms with Gasteiger partial charge in [-0.3, -0.25) is 0 Å². The van der Waals surface area contributed by atoms with Crippen molar-refractivity contribution in [1.82, 2.24) is 0 Å². The average Bonchev–Trinajstić information content (AvgIpc) is 3.14. The van der Waals surface area contributed by atoms with Crippen LogP contribution in [0, 0.1) is 5.92 Å². The summed E-state index contributed by atoms with van der Waals surface area (Å²) < 4.78 is 6.12. The largest absolute Gasteiger partial charge is 0.392 e. The molecule has 1 spiro atoms. The molecule has 21 heavy (non-hydrogen) atoms. The molecule has 1 aliphatic carbocycles. The molecule has 0 amide bonds. The number of benzene rings is 1. The van der Waals surface area contributed by atoms with Crippen LogP contribution in [0.2, 0.25) is 0 Å². The van der Waals surface area contributed by atoms with Gasteiger partial charge >= 0.3 is 0 Å². The van der Waals surface area contributed by atoms with Gasteiger partial charge in [0.05, 0.1) is 11.7 Å². The Morgan fingerprint density at radius 1 is 1.24 bits per heavy atom. The lowest BCUT2D eigenvalue weighted by molar-refractivity contribution is -0.114. The van der Waals surface area contributed by atoms with Gasteiger partial charge in [-0.1, -0.05) is 31.0 Å². The molecule has 3 aliphatic rings. The van der Waals surface area contributed by atoms with Crippen LogP contribution in [-0.2, 0) is 4.74 Å². The van der Waals surface area contributed by atoms with Gasteiger partial charge in [0.25, 0.3) is 0 Å². The summed E-state index contributed by atoms with van der Waals surface area (Å²) in [6.45, 7) is 0.837. The summed E-state index contributed by atoms with van der Waals surface area (Å²) in [5.41, 5.74) is 1.47. The van der Waals surface area contributed by atoms with Crippen LogP contribution in [0.15, 0.2) is 29.2 Å². The third-order valence-corrected chi connectivity index (χ3v) is 6.89. The molecular formula is C18H24O2S. The van der Waals surface area contributed by atoms with Gasteiger partial charge in [-0.15, -0.1) is 11.8 Å². The third kappa shape index (κ3) is 2.54. The van der Waals surface area contributed by atoms with E-state index in [1.807, 2.05) is 11.8 Å². The van der Waals surface area contributed by atoms with Crippen molar-refractivity contribution in [2.24, 2.45) is 5.92 Å². The van der Waals surface area contributed by atoms with E-state index in [1.165, 1.54) is 36.1 Å². The number of aliphatic hydroxyl groups excluding tert-OH is 1. The van der Waals surface area contributed by atoms with Crippen LogP contribution < -0.4 is 0 Å². The predicted molar refractivity (Wildman–Crippen MR) is 85.8 cm³/mol. The molecule has 2 nitrogen and oxygen atoms in total. The van der Waals surface area contributed by atoms with E-state index in [0.717, 1.165) is 25.2 Å². The van der Waals surface area contributed by atoms with Gasteiger partial charge in [-0.25, -0.2) is 0 Å². The third-order valence-electron chi connectivity index (χ3n) is 5.68. The molecule has 1 aromatic rings. The van der Waals surface area contributed by atoms with E-state index in [-0.39, 0.29) is 11.7 Å². The molecular weight excluding hydrogens is 280 g/mol. The molecule has 114 valence electrons. The highest BCUT2D eigenvalue weighted by Crippen LogP contribution is 2.47. The second kappa shape index (κ2) is 5.60. The highest BCUT2D eigenvalue weighted by molar-refractivity contribution is 7.99. The van der Waals surface area contributed by atoms with Crippen molar-refractivity contribution < 1.29 is 9.84 Å². The predicted octanol–water partition coefficient (Wildman–Crippen LogP) is 3.98. The number of hydrogen-bond acceptors (Lipinski definition) is 3. The normalized spacial score (nSPS) is 32.2. The lowest BCUT2D eigenvalue weighted by Gasteiger charge is -2.41. The van der Waals surface area contributed by atoms with Gasteiger partial charge in [0.1, 0.15) is 0 Å². The van der Waals surface area contributed by atoms with Crippen LogP contribution >= 0.6 is 11.8 Å². The van der Waals surface area contributed by atoms with Crippen LogP contribution in [0.5, 0.6) is 0 Å². The molecule has 1 N–H and O–H groups in total. The van der Waals surface area contributed by atoms with E-state index in [1.54, 1.807) is 0 Å². The smallest absolute Gasteiger partial charge is 0.0686 e. The van der Waals surface area contributed by atoms with Gasteiger partial charge in [0, 0.05) is 23.2 Å². The minimum absolute atomic E-state index is 0.106. The highest BCUT2D eigenvalue weighted by atomic mass is 32.2. The number of rotatable bonds is 2. The van der Waals surface area contributed by atoms with E-state index in [0.29, 0.717) is 11.8 Å². The van der Waals surface area contributed by atoms with Crippen molar-refractivity contribution in [3.05, 3.63) is 29.8 Å². The maximum atomic E-state index is 11.0. The maximum Gasteiger partial charge on any atom is 0.0686 e. The zero-order chi connectivity index (χ0) is 14.3. The molecule has 1 aromatic carbocycles. The van der Waals surface area contributed by atoms with Crippen molar-refractivity contribution in [3.8, 4) is 0 Å². The quantitative estimate of drug-likeness (QED) is 0.896. The second-order valence-corrected chi connectivity index (χ2v) is 8.00. The first kappa shape index (κ1) is 14.1. The Hall–Kier alpha value is -0.510. The summed E-state index contributed by atoms with van der Waals surface area (Å²) >= 11 is 1.90. The van der Waals surface area contributed by atoms with E-state index in [9.17, 15) is 5.11 Å². The van der Waals surface area contributed by atoms with Crippen LogP contribution in [0.3, 0.4) is 0 Å². The van der Waals surface area contributed by atoms with E-state index >= 15 is 0 Å².